The van der Waals surface area contributed by atoms with Crippen LogP contribution in [0.15, 0.2) is 0 Å². The largest absolute Gasteiger partial charge is 0.377 e. The average Bonchev–Trinajstić information content (AvgIpc) is 2.24. The smallest absolute Gasteiger partial charge is 0.0828 e. The van der Waals surface area contributed by atoms with E-state index in [4.69, 9.17) is 10.5 Å². The van der Waals surface area contributed by atoms with Crippen molar-refractivity contribution in [2.75, 3.05) is 7.11 Å². The van der Waals surface area contributed by atoms with Crippen LogP contribution in [-0.2, 0) is 4.74 Å². The van der Waals surface area contributed by atoms with Gasteiger partial charge in [0.15, 0.2) is 0 Å². The molecule has 2 heteroatoms. The van der Waals surface area contributed by atoms with Gasteiger partial charge in [-0.2, -0.15) is 0 Å². The molecule has 2 N–H and O–H groups in total. The molecule has 15 heavy (non-hydrogen) atoms. The van der Waals surface area contributed by atoms with Gasteiger partial charge in [0.2, 0.25) is 0 Å². The van der Waals surface area contributed by atoms with Gasteiger partial charge in [0.05, 0.1) is 5.60 Å². The van der Waals surface area contributed by atoms with E-state index in [1.165, 1.54) is 57.8 Å². The van der Waals surface area contributed by atoms with Crippen LogP contribution >= 0.6 is 0 Å². The van der Waals surface area contributed by atoms with Gasteiger partial charge in [0, 0.05) is 13.2 Å². The van der Waals surface area contributed by atoms with E-state index < -0.39 is 0 Å². The van der Waals surface area contributed by atoms with Gasteiger partial charge in [0.1, 0.15) is 0 Å². The standard InChI is InChI=1S/C13H25NO/c1-15-13(8-3-2-4-9-13)12(14)10-11-6-5-7-11/h11-12H,2-10,14H2,1H3. The van der Waals surface area contributed by atoms with E-state index in [0.717, 1.165) is 5.92 Å². The topological polar surface area (TPSA) is 35.2 Å². The third-order valence-electron chi connectivity index (χ3n) is 4.59. The van der Waals surface area contributed by atoms with E-state index in [1.54, 1.807) is 0 Å². The van der Waals surface area contributed by atoms with Gasteiger partial charge in [-0.25, -0.2) is 0 Å². The predicted molar refractivity (Wildman–Crippen MR) is 62.8 cm³/mol. The Balaban J connectivity index is 1.90. The Morgan fingerprint density at radius 3 is 2.33 bits per heavy atom. The summed E-state index contributed by atoms with van der Waals surface area (Å²) in [6, 6.07) is 0.271. The van der Waals surface area contributed by atoms with Crippen molar-refractivity contribution in [2.45, 2.75) is 69.4 Å². The molecule has 0 aromatic heterocycles. The van der Waals surface area contributed by atoms with E-state index >= 15 is 0 Å². The van der Waals surface area contributed by atoms with Gasteiger partial charge in [-0.1, -0.05) is 38.5 Å². The fraction of sp³-hybridized carbons (Fsp3) is 1.00. The summed E-state index contributed by atoms with van der Waals surface area (Å²) in [5.41, 5.74) is 6.40. The van der Waals surface area contributed by atoms with Crippen molar-refractivity contribution in [3.05, 3.63) is 0 Å². The third-order valence-corrected chi connectivity index (χ3v) is 4.59. The zero-order valence-corrected chi connectivity index (χ0v) is 10.0. The van der Waals surface area contributed by atoms with Gasteiger partial charge in [-0.15, -0.1) is 0 Å². The zero-order valence-electron chi connectivity index (χ0n) is 10.0. The van der Waals surface area contributed by atoms with Gasteiger partial charge >= 0.3 is 0 Å². The van der Waals surface area contributed by atoms with E-state index in [9.17, 15) is 0 Å². The number of hydrogen-bond acceptors (Lipinski definition) is 2. The van der Waals surface area contributed by atoms with Crippen LogP contribution in [0.2, 0.25) is 0 Å². The highest BCUT2D eigenvalue weighted by molar-refractivity contribution is 4.95. The van der Waals surface area contributed by atoms with E-state index in [1.807, 2.05) is 7.11 Å². The SMILES string of the molecule is COC1(C(N)CC2CCC2)CCCCC1. The lowest BCUT2D eigenvalue weighted by molar-refractivity contribution is -0.0652. The molecule has 2 aliphatic carbocycles. The summed E-state index contributed by atoms with van der Waals surface area (Å²) in [5, 5.41) is 0. The van der Waals surface area contributed by atoms with Crippen molar-refractivity contribution >= 4 is 0 Å². The quantitative estimate of drug-likeness (QED) is 0.776. The molecule has 0 aromatic carbocycles. The first kappa shape index (κ1) is 11.4. The molecule has 0 spiro atoms. The zero-order chi connectivity index (χ0) is 10.7. The molecule has 88 valence electrons. The number of ether oxygens (including phenoxy) is 1. The molecule has 2 rings (SSSR count). The maximum Gasteiger partial charge on any atom is 0.0828 e. The van der Waals surface area contributed by atoms with Gasteiger partial charge < -0.3 is 10.5 Å². The Morgan fingerprint density at radius 2 is 1.87 bits per heavy atom. The first-order valence-corrected chi connectivity index (χ1v) is 6.57. The molecule has 0 heterocycles. The highest BCUT2D eigenvalue weighted by atomic mass is 16.5. The molecule has 1 unspecified atom stereocenters. The van der Waals surface area contributed by atoms with Crippen LogP contribution in [0.25, 0.3) is 0 Å². The van der Waals surface area contributed by atoms with Crippen LogP contribution in [0.1, 0.15) is 57.8 Å². The maximum absolute atomic E-state index is 6.38. The normalized spacial score (nSPS) is 28.4. The van der Waals surface area contributed by atoms with Crippen LogP contribution in [-0.4, -0.2) is 18.8 Å². The van der Waals surface area contributed by atoms with E-state index in [2.05, 4.69) is 0 Å². The number of rotatable bonds is 4. The van der Waals surface area contributed by atoms with Gasteiger partial charge in [-0.05, 0) is 25.2 Å². The second kappa shape index (κ2) is 4.84. The molecular formula is C13H25NO. The predicted octanol–water partition coefficient (Wildman–Crippen LogP) is 2.85. The van der Waals surface area contributed by atoms with Crippen LogP contribution in [0, 0.1) is 5.92 Å². The molecule has 2 saturated carbocycles. The highest BCUT2D eigenvalue weighted by Crippen LogP contribution is 2.38. The fourth-order valence-electron chi connectivity index (χ4n) is 3.18. The lowest BCUT2D eigenvalue weighted by Gasteiger charge is -2.43. The van der Waals surface area contributed by atoms with Crippen LogP contribution in [0.3, 0.4) is 0 Å². The van der Waals surface area contributed by atoms with E-state index in [0.29, 0.717) is 0 Å². The summed E-state index contributed by atoms with van der Waals surface area (Å²) in [7, 11) is 1.85. The average molecular weight is 211 g/mol. The van der Waals surface area contributed by atoms with Crippen LogP contribution in [0.5, 0.6) is 0 Å². The summed E-state index contributed by atoms with van der Waals surface area (Å²) in [6.45, 7) is 0. The minimum atomic E-state index is 0.0217. The molecule has 0 bridgehead atoms. The second-order valence-electron chi connectivity index (χ2n) is 5.47. The summed E-state index contributed by atoms with van der Waals surface area (Å²) < 4.78 is 5.79. The Labute approximate surface area is 93.6 Å². The van der Waals surface area contributed by atoms with Crippen molar-refractivity contribution in [1.82, 2.24) is 0 Å². The van der Waals surface area contributed by atoms with Crippen molar-refractivity contribution < 1.29 is 4.74 Å². The van der Waals surface area contributed by atoms with Crippen LogP contribution < -0.4 is 5.73 Å². The minimum Gasteiger partial charge on any atom is -0.377 e. The highest BCUT2D eigenvalue weighted by Gasteiger charge is 2.39. The van der Waals surface area contributed by atoms with Gasteiger partial charge in [0.25, 0.3) is 0 Å². The number of methoxy groups -OCH3 is 1. The first-order chi connectivity index (χ1) is 7.27. The Morgan fingerprint density at radius 1 is 1.20 bits per heavy atom. The number of hydrogen-bond donors (Lipinski definition) is 1. The van der Waals surface area contributed by atoms with Crippen molar-refractivity contribution in [3.8, 4) is 0 Å². The Kier molecular flexibility index (Phi) is 3.68. The number of nitrogens with two attached hydrogens (primary N) is 1. The first-order valence-electron chi connectivity index (χ1n) is 6.57. The summed E-state index contributed by atoms with van der Waals surface area (Å²) in [5.74, 6) is 0.897. The second-order valence-corrected chi connectivity index (χ2v) is 5.47. The molecule has 2 nitrogen and oxygen atoms in total. The molecule has 2 aliphatic rings. The van der Waals surface area contributed by atoms with E-state index in [-0.39, 0.29) is 11.6 Å². The van der Waals surface area contributed by atoms with Crippen molar-refractivity contribution in [1.29, 1.82) is 0 Å². The third kappa shape index (κ3) is 2.36. The maximum atomic E-state index is 6.38. The van der Waals surface area contributed by atoms with Crippen molar-refractivity contribution in [2.24, 2.45) is 11.7 Å². The Hall–Kier alpha value is -0.0800. The monoisotopic (exact) mass is 211 g/mol. The molecule has 0 aromatic rings. The summed E-state index contributed by atoms with van der Waals surface area (Å²) >= 11 is 0. The Bertz CT molecular complexity index is 195. The molecule has 0 radical (unpaired) electrons. The molecule has 0 saturated heterocycles. The molecule has 0 amide bonds. The summed E-state index contributed by atoms with van der Waals surface area (Å²) in [6.07, 6.45) is 11.7. The molecule has 1 atom stereocenters. The summed E-state index contributed by atoms with van der Waals surface area (Å²) in [4.78, 5) is 0. The van der Waals surface area contributed by atoms with Gasteiger partial charge in [-0.3, -0.25) is 0 Å². The minimum absolute atomic E-state index is 0.0217. The molecule has 2 fully saturated rings. The molecular weight excluding hydrogens is 186 g/mol. The fourth-order valence-corrected chi connectivity index (χ4v) is 3.18. The lowest BCUT2D eigenvalue weighted by Crippen LogP contribution is -2.51. The van der Waals surface area contributed by atoms with Crippen LogP contribution in [0.4, 0.5) is 0 Å². The van der Waals surface area contributed by atoms with Crippen molar-refractivity contribution in [3.63, 3.8) is 0 Å². The lowest BCUT2D eigenvalue weighted by atomic mass is 9.73. The molecule has 0 aliphatic heterocycles.